The van der Waals surface area contributed by atoms with E-state index < -0.39 is 6.17 Å². The van der Waals surface area contributed by atoms with E-state index in [4.69, 9.17) is 16.3 Å². The molecule has 3 heterocycles. The quantitative estimate of drug-likeness (QED) is 0.695. The van der Waals surface area contributed by atoms with Crippen LogP contribution in [0.15, 0.2) is 30.6 Å². The van der Waals surface area contributed by atoms with E-state index in [2.05, 4.69) is 27.2 Å². The van der Waals surface area contributed by atoms with E-state index in [0.717, 1.165) is 61.5 Å². The van der Waals surface area contributed by atoms with Crippen molar-refractivity contribution in [2.75, 3.05) is 25.5 Å². The van der Waals surface area contributed by atoms with Gasteiger partial charge < -0.3 is 15.0 Å². The topological polar surface area (TPSA) is 50.3 Å². The van der Waals surface area contributed by atoms with Crippen LogP contribution in [0.5, 0.6) is 5.75 Å². The predicted octanol–water partition coefficient (Wildman–Crippen LogP) is 4.96. The van der Waals surface area contributed by atoms with Crippen LogP contribution in [0, 0.1) is 0 Å². The van der Waals surface area contributed by atoms with Crippen LogP contribution in [0.25, 0.3) is 11.3 Å². The van der Waals surface area contributed by atoms with Gasteiger partial charge in [-0.1, -0.05) is 11.6 Å². The zero-order valence-corrected chi connectivity index (χ0v) is 17.5. The summed E-state index contributed by atoms with van der Waals surface area (Å²) in [5.74, 6) is 0.785. The second kappa shape index (κ2) is 9.26. The number of likely N-dealkylation sites (tertiary alicyclic amines) is 1. The molecule has 1 aliphatic carbocycles. The molecule has 156 valence electrons. The maximum atomic E-state index is 13.8. The summed E-state index contributed by atoms with van der Waals surface area (Å²) in [5.41, 5.74) is 2.50. The number of ether oxygens (including phenoxy) is 1. The lowest BCUT2D eigenvalue weighted by Gasteiger charge is -2.29. The molecule has 5 nitrogen and oxygen atoms in total. The Balaban J connectivity index is 1.47. The molecule has 2 aliphatic rings. The summed E-state index contributed by atoms with van der Waals surface area (Å²) in [7, 11) is 2.14. The number of piperidine rings is 1. The zero-order valence-electron chi connectivity index (χ0n) is 16.8. The van der Waals surface area contributed by atoms with Crippen LogP contribution >= 0.6 is 11.6 Å². The van der Waals surface area contributed by atoms with Gasteiger partial charge in [-0.2, -0.15) is 0 Å². The molecule has 2 aromatic heterocycles. The number of hydrogen-bond acceptors (Lipinski definition) is 5. The monoisotopic (exact) mass is 418 g/mol. The van der Waals surface area contributed by atoms with Gasteiger partial charge in [-0.15, -0.1) is 0 Å². The highest BCUT2D eigenvalue weighted by molar-refractivity contribution is 6.29. The van der Waals surface area contributed by atoms with Crippen LogP contribution in [0.3, 0.4) is 0 Å². The van der Waals surface area contributed by atoms with Gasteiger partial charge in [0.1, 0.15) is 23.2 Å². The zero-order chi connectivity index (χ0) is 20.2. The lowest BCUT2D eigenvalue weighted by atomic mass is 9.93. The van der Waals surface area contributed by atoms with Crippen molar-refractivity contribution >= 4 is 17.3 Å². The van der Waals surface area contributed by atoms with Crippen molar-refractivity contribution in [3.63, 3.8) is 0 Å². The molecule has 7 heteroatoms. The first-order valence-electron chi connectivity index (χ1n) is 10.4. The Labute approximate surface area is 176 Å². The fraction of sp³-hybridized carbons (Fsp3) is 0.545. The molecule has 4 rings (SSSR count). The van der Waals surface area contributed by atoms with Gasteiger partial charge in [0.2, 0.25) is 0 Å². The fourth-order valence-corrected chi connectivity index (χ4v) is 4.30. The van der Waals surface area contributed by atoms with Crippen molar-refractivity contribution in [3.05, 3.63) is 35.7 Å². The maximum absolute atomic E-state index is 13.8. The fourth-order valence-electron chi connectivity index (χ4n) is 4.14. The first kappa shape index (κ1) is 20.4. The van der Waals surface area contributed by atoms with Crippen molar-refractivity contribution < 1.29 is 9.13 Å². The van der Waals surface area contributed by atoms with Gasteiger partial charge in [0.25, 0.3) is 0 Å². The average molecular weight is 419 g/mol. The van der Waals surface area contributed by atoms with E-state index in [9.17, 15) is 4.39 Å². The van der Waals surface area contributed by atoms with Crippen LogP contribution in [0.4, 0.5) is 10.1 Å². The van der Waals surface area contributed by atoms with Gasteiger partial charge in [-0.25, -0.2) is 9.37 Å². The normalized spacial score (nSPS) is 23.7. The summed E-state index contributed by atoms with van der Waals surface area (Å²) in [6.07, 6.45) is 8.09. The highest BCUT2D eigenvalue weighted by Crippen LogP contribution is 2.32. The molecule has 0 bridgehead atoms. The number of alkyl halides is 1. The van der Waals surface area contributed by atoms with Crippen LogP contribution in [-0.2, 0) is 0 Å². The molecule has 1 N–H and O–H groups in total. The summed E-state index contributed by atoms with van der Waals surface area (Å²) >= 11 is 6.13. The molecule has 1 aliphatic heterocycles. The second-order valence-electron chi connectivity index (χ2n) is 8.16. The van der Waals surface area contributed by atoms with Crippen LogP contribution < -0.4 is 10.1 Å². The lowest BCUT2D eigenvalue weighted by molar-refractivity contribution is 0.114. The Hall–Kier alpha value is -1.92. The third-order valence-electron chi connectivity index (χ3n) is 5.82. The van der Waals surface area contributed by atoms with Gasteiger partial charge >= 0.3 is 0 Å². The molecule has 1 saturated heterocycles. The molecule has 0 spiro atoms. The third-order valence-corrected chi connectivity index (χ3v) is 6.03. The van der Waals surface area contributed by atoms with Crippen molar-refractivity contribution in [1.29, 1.82) is 0 Å². The van der Waals surface area contributed by atoms with Crippen molar-refractivity contribution in [2.45, 2.75) is 56.8 Å². The van der Waals surface area contributed by atoms with Gasteiger partial charge in [0.05, 0.1) is 11.9 Å². The van der Waals surface area contributed by atoms with E-state index in [0.29, 0.717) is 18.0 Å². The number of rotatable bonds is 5. The molecule has 0 radical (unpaired) electrons. The molecule has 1 saturated carbocycles. The first-order valence-corrected chi connectivity index (χ1v) is 10.8. The number of pyridine rings is 2. The number of halogens is 2. The Morgan fingerprint density at radius 1 is 1.14 bits per heavy atom. The van der Waals surface area contributed by atoms with Gasteiger partial charge in [-0.05, 0) is 63.8 Å². The minimum atomic E-state index is -0.740. The molecular weight excluding hydrogens is 391 g/mol. The number of nitrogens with zero attached hydrogens (tertiary/aromatic N) is 3. The molecule has 0 aromatic carbocycles. The van der Waals surface area contributed by atoms with Gasteiger partial charge in [0, 0.05) is 36.6 Å². The smallest absolute Gasteiger partial charge is 0.138 e. The van der Waals surface area contributed by atoms with Crippen molar-refractivity contribution in [3.8, 4) is 17.0 Å². The largest absolute Gasteiger partial charge is 0.489 e. The summed E-state index contributed by atoms with van der Waals surface area (Å²) in [5, 5.41) is 3.87. The lowest BCUT2D eigenvalue weighted by Crippen LogP contribution is -2.35. The molecule has 2 atom stereocenters. The standard InChI is InChI=1S/C22H28ClFN4O/c1-28-9-7-17(8-10-28)29-18-5-6-20(25-13-18)19-14-26-22(23)12-21(19)27-16-4-2-3-15(24)11-16/h5-6,12-17H,2-4,7-11H2,1H3,(H,26,27). The van der Waals surface area contributed by atoms with E-state index in [1.807, 2.05) is 12.1 Å². The van der Waals surface area contributed by atoms with E-state index in [1.54, 1.807) is 18.5 Å². The van der Waals surface area contributed by atoms with Crippen LogP contribution in [0.2, 0.25) is 5.15 Å². The van der Waals surface area contributed by atoms with E-state index in [-0.39, 0.29) is 12.1 Å². The first-order chi connectivity index (χ1) is 14.1. The minimum absolute atomic E-state index is 0.100. The molecule has 2 aromatic rings. The minimum Gasteiger partial charge on any atom is -0.489 e. The average Bonchev–Trinajstić information content (AvgIpc) is 2.71. The Morgan fingerprint density at radius 2 is 1.97 bits per heavy atom. The SMILES string of the molecule is CN1CCC(Oc2ccc(-c3cnc(Cl)cc3NC3CCCC(F)C3)nc2)CC1. The van der Waals surface area contributed by atoms with Gasteiger partial charge in [-0.3, -0.25) is 4.98 Å². The Kier molecular flexibility index (Phi) is 6.50. The number of aromatic nitrogens is 2. The third kappa shape index (κ3) is 5.37. The van der Waals surface area contributed by atoms with E-state index in [1.165, 1.54) is 0 Å². The van der Waals surface area contributed by atoms with E-state index >= 15 is 0 Å². The summed E-state index contributed by atoms with van der Waals surface area (Å²) < 4.78 is 19.9. The number of hydrogen-bond donors (Lipinski definition) is 1. The predicted molar refractivity (Wildman–Crippen MR) is 114 cm³/mol. The maximum Gasteiger partial charge on any atom is 0.138 e. The van der Waals surface area contributed by atoms with Crippen molar-refractivity contribution in [1.82, 2.24) is 14.9 Å². The van der Waals surface area contributed by atoms with Crippen LogP contribution in [-0.4, -0.2) is 53.3 Å². The summed E-state index contributed by atoms with van der Waals surface area (Å²) in [6.45, 7) is 2.12. The highest BCUT2D eigenvalue weighted by atomic mass is 35.5. The molecule has 2 unspecified atom stereocenters. The summed E-state index contributed by atoms with van der Waals surface area (Å²) in [6, 6.07) is 5.79. The highest BCUT2D eigenvalue weighted by Gasteiger charge is 2.23. The van der Waals surface area contributed by atoms with Crippen molar-refractivity contribution in [2.24, 2.45) is 0 Å². The molecule has 2 fully saturated rings. The Bertz CT molecular complexity index is 811. The summed E-state index contributed by atoms with van der Waals surface area (Å²) in [4.78, 5) is 11.1. The molecule has 29 heavy (non-hydrogen) atoms. The molecule has 0 amide bonds. The number of nitrogens with one attached hydrogen (secondary N) is 1. The second-order valence-corrected chi connectivity index (χ2v) is 8.54. The molecular formula is C22H28ClFN4O. The number of anilines is 1. The Morgan fingerprint density at radius 3 is 2.69 bits per heavy atom. The van der Waals surface area contributed by atoms with Crippen LogP contribution in [0.1, 0.15) is 38.5 Å². The van der Waals surface area contributed by atoms with Gasteiger partial charge in [0.15, 0.2) is 0 Å².